The van der Waals surface area contributed by atoms with Crippen molar-refractivity contribution in [3.63, 3.8) is 0 Å². The molecule has 0 saturated heterocycles. The largest absolute Gasteiger partial charge is 0.496 e. The number of carbonyl (C=O) groups excluding carboxylic acids is 2. The van der Waals surface area contributed by atoms with Crippen LogP contribution in [0.15, 0.2) is 108 Å². The summed E-state index contributed by atoms with van der Waals surface area (Å²) in [6.07, 6.45) is 20.7. The summed E-state index contributed by atoms with van der Waals surface area (Å²) in [6, 6.07) is 24.6. The number of aldehydes is 1. The molecule has 75 heavy (non-hydrogen) atoms. The second kappa shape index (κ2) is 27.9. The fraction of sp³-hybridized carbons (Fsp3) is 0.540. The van der Waals surface area contributed by atoms with Crippen LogP contribution >= 0.6 is 0 Å². The molecule has 4 aromatic rings. The molecule has 6 atom stereocenters. The first-order valence-electron chi connectivity index (χ1n) is 28.0. The standard InChI is InChI=1S/C63H84N2O10/c1-7-9-10-11-12-13-14-15-16-23-38-71-61(69)65(43-47-28-24-27-45-25-17-18-29-51(45)47)58-42-55(64-75-62(3,4)5)53-40-46(26-19-21-35-66)52(30-20-22-36-67)59-54-41-50(73-49-31-33-56(70-6)48(39-49)44-68)32-34-57(54)74-63(58,60(53)59)72-37-8-2/h8,17-18,24-25,27-29,31-34,39-41,44,46,52,58-60,66-67H,2,7,9-16,19-23,26,30,35-38,42-43H2,1,3-6H3/t46-,52+,58-,59+,60+,63+/m0/s1. The monoisotopic (exact) mass is 1030 g/mol. The van der Waals surface area contributed by atoms with Crippen LogP contribution in [0.2, 0.25) is 0 Å². The number of aliphatic hydroxyl groups excluding tert-OH is 2. The minimum absolute atomic E-state index is 0.00500. The molecule has 0 spiro atoms. The zero-order valence-corrected chi connectivity index (χ0v) is 45.4. The van der Waals surface area contributed by atoms with Gasteiger partial charge in [-0.15, -0.1) is 6.58 Å². The van der Waals surface area contributed by atoms with Crippen LogP contribution in [0.5, 0.6) is 23.0 Å². The molecule has 7 rings (SSSR count). The van der Waals surface area contributed by atoms with Gasteiger partial charge in [0.15, 0.2) is 6.29 Å². The summed E-state index contributed by atoms with van der Waals surface area (Å²) in [7, 11) is 1.53. The van der Waals surface area contributed by atoms with Crippen molar-refractivity contribution in [3.05, 3.63) is 120 Å². The number of hydrogen-bond donors (Lipinski definition) is 2. The van der Waals surface area contributed by atoms with E-state index < -0.39 is 29.4 Å². The van der Waals surface area contributed by atoms with Crippen molar-refractivity contribution < 1.29 is 48.3 Å². The maximum Gasteiger partial charge on any atom is 0.410 e. The van der Waals surface area contributed by atoms with E-state index in [9.17, 15) is 15.0 Å². The Morgan fingerprint density at radius 2 is 1.55 bits per heavy atom. The first kappa shape index (κ1) is 57.0. The zero-order chi connectivity index (χ0) is 53.2. The van der Waals surface area contributed by atoms with Crippen molar-refractivity contribution in [3.8, 4) is 23.0 Å². The fourth-order valence-corrected chi connectivity index (χ4v) is 11.7. The number of benzene rings is 4. The minimum Gasteiger partial charge on any atom is -0.496 e. The molecule has 1 amide bonds. The van der Waals surface area contributed by atoms with Crippen LogP contribution in [0.1, 0.15) is 164 Å². The summed E-state index contributed by atoms with van der Waals surface area (Å²) in [6.45, 7) is 13.0. The summed E-state index contributed by atoms with van der Waals surface area (Å²) in [5, 5.41) is 27.4. The Bertz CT molecular complexity index is 2540. The van der Waals surface area contributed by atoms with Crippen LogP contribution in [0.3, 0.4) is 0 Å². The van der Waals surface area contributed by atoms with Crippen LogP contribution in [-0.4, -0.2) is 84.2 Å². The number of hydrogen-bond acceptors (Lipinski definition) is 11. The number of nitrogens with zero attached hydrogens (tertiary/aromatic N) is 2. The molecule has 4 aromatic carbocycles. The van der Waals surface area contributed by atoms with Crippen molar-refractivity contribution in [2.75, 3.05) is 33.5 Å². The molecular formula is C63H84N2O10. The van der Waals surface area contributed by atoms with E-state index in [-0.39, 0.29) is 57.1 Å². The quantitative estimate of drug-likeness (QED) is 0.0224. The summed E-state index contributed by atoms with van der Waals surface area (Å²) in [5.74, 6) is -0.237. The number of carbonyl (C=O) groups is 2. The molecule has 1 saturated carbocycles. The molecule has 0 aromatic heterocycles. The van der Waals surface area contributed by atoms with E-state index in [1.807, 2.05) is 62.1 Å². The molecule has 0 bridgehead atoms. The van der Waals surface area contributed by atoms with E-state index in [1.54, 1.807) is 24.3 Å². The SMILES string of the molecule is C=CCO[C@@]12Oc3ccc(Oc4ccc(OC)c(C=O)c4)cc3[C@H]3[C@H](CCCCO)[C@@H](CCCCO)C=C(C(=NOC(C)(C)C)C[C@@H]1N(Cc1cccc4ccccc14)C(=O)OCCCCCCCCCCCC)[C@H]32. The third-order valence-electron chi connectivity index (χ3n) is 15.2. The average Bonchev–Trinajstić information content (AvgIpc) is 3.41. The van der Waals surface area contributed by atoms with Gasteiger partial charge in [0.05, 0.1) is 44.1 Å². The van der Waals surface area contributed by atoms with Gasteiger partial charge in [0, 0.05) is 31.1 Å². The predicted octanol–water partition coefficient (Wildman–Crippen LogP) is 14.4. The second-order valence-electron chi connectivity index (χ2n) is 21.7. The van der Waals surface area contributed by atoms with Crippen LogP contribution in [0.4, 0.5) is 4.79 Å². The van der Waals surface area contributed by atoms with Crippen molar-refractivity contribution in [2.24, 2.45) is 22.9 Å². The van der Waals surface area contributed by atoms with E-state index in [4.69, 9.17) is 33.7 Å². The Labute approximate surface area is 446 Å². The smallest absolute Gasteiger partial charge is 0.410 e. The van der Waals surface area contributed by atoms with Crippen molar-refractivity contribution in [1.82, 2.24) is 4.90 Å². The Morgan fingerprint density at radius 1 is 0.853 bits per heavy atom. The van der Waals surface area contributed by atoms with Gasteiger partial charge in [-0.1, -0.05) is 137 Å². The van der Waals surface area contributed by atoms with Gasteiger partial charge in [0.2, 0.25) is 5.79 Å². The number of unbranched alkanes of at least 4 members (excludes halogenated alkanes) is 11. The Balaban J connectivity index is 1.38. The number of fused-ring (bicyclic) bond motifs is 3. The molecule has 1 fully saturated rings. The second-order valence-corrected chi connectivity index (χ2v) is 21.7. The topological polar surface area (TPSA) is 146 Å². The number of methoxy groups -OCH3 is 1. The molecule has 12 heteroatoms. The number of ether oxygens (including phenoxy) is 5. The van der Waals surface area contributed by atoms with E-state index in [0.29, 0.717) is 47.1 Å². The van der Waals surface area contributed by atoms with Crippen LogP contribution in [-0.2, 0) is 20.9 Å². The first-order valence-corrected chi connectivity index (χ1v) is 28.0. The van der Waals surface area contributed by atoms with Gasteiger partial charge >= 0.3 is 6.09 Å². The lowest BCUT2D eigenvalue weighted by Crippen LogP contribution is -2.70. The average molecular weight is 1030 g/mol. The van der Waals surface area contributed by atoms with Gasteiger partial charge < -0.3 is 38.7 Å². The molecule has 0 radical (unpaired) electrons. The molecule has 0 unspecified atom stereocenters. The van der Waals surface area contributed by atoms with Crippen LogP contribution < -0.4 is 14.2 Å². The number of rotatable bonds is 30. The normalized spacial score (nSPS) is 21.3. The van der Waals surface area contributed by atoms with Gasteiger partial charge in [0.1, 0.15) is 34.6 Å². The van der Waals surface area contributed by atoms with Crippen LogP contribution in [0.25, 0.3) is 10.8 Å². The van der Waals surface area contributed by atoms with Crippen LogP contribution in [0, 0.1) is 17.8 Å². The third kappa shape index (κ3) is 14.4. The highest BCUT2D eigenvalue weighted by Crippen LogP contribution is 2.62. The summed E-state index contributed by atoms with van der Waals surface area (Å²) < 4.78 is 33.3. The van der Waals surface area contributed by atoms with Crippen molar-refractivity contribution >= 4 is 28.9 Å². The van der Waals surface area contributed by atoms with Gasteiger partial charge in [-0.25, -0.2) is 4.79 Å². The Kier molecular flexibility index (Phi) is 21.2. The maximum atomic E-state index is 15.4. The first-order chi connectivity index (χ1) is 36.5. The zero-order valence-electron chi connectivity index (χ0n) is 45.4. The maximum absolute atomic E-state index is 15.4. The highest BCUT2D eigenvalue weighted by atomic mass is 16.7. The Morgan fingerprint density at radius 3 is 2.25 bits per heavy atom. The fourth-order valence-electron chi connectivity index (χ4n) is 11.7. The van der Waals surface area contributed by atoms with E-state index >= 15 is 4.79 Å². The minimum atomic E-state index is -1.50. The van der Waals surface area contributed by atoms with Gasteiger partial charge in [-0.2, -0.15) is 0 Å². The van der Waals surface area contributed by atoms with E-state index in [1.165, 1.54) is 52.1 Å². The number of amides is 1. The Hall–Kier alpha value is -5.69. The molecule has 1 heterocycles. The van der Waals surface area contributed by atoms with Crippen molar-refractivity contribution in [1.29, 1.82) is 0 Å². The third-order valence-corrected chi connectivity index (χ3v) is 15.2. The summed E-state index contributed by atoms with van der Waals surface area (Å²) in [4.78, 5) is 35.7. The molecule has 406 valence electrons. The number of oxime groups is 1. The molecule has 1 aliphatic heterocycles. The predicted molar refractivity (Wildman–Crippen MR) is 297 cm³/mol. The van der Waals surface area contributed by atoms with Crippen molar-refractivity contribution in [2.45, 2.75) is 167 Å². The van der Waals surface area contributed by atoms with E-state index in [2.05, 4.69) is 43.8 Å². The molecule has 12 nitrogen and oxygen atoms in total. The lowest BCUT2D eigenvalue weighted by molar-refractivity contribution is -0.256. The molecule has 3 aliphatic rings. The van der Waals surface area contributed by atoms with E-state index in [0.717, 1.165) is 78.7 Å². The number of aliphatic hydroxyl groups is 2. The molecular weight excluding hydrogens is 945 g/mol. The van der Waals surface area contributed by atoms with Gasteiger partial charge in [-0.05, 0) is 123 Å². The lowest BCUT2D eigenvalue weighted by atomic mass is 9.55. The summed E-state index contributed by atoms with van der Waals surface area (Å²) >= 11 is 0. The highest BCUT2D eigenvalue weighted by Gasteiger charge is 2.66. The van der Waals surface area contributed by atoms with Gasteiger partial charge in [-0.3, -0.25) is 9.69 Å². The summed E-state index contributed by atoms with van der Waals surface area (Å²) in [5.41, 5.74) is 3.23. The lowest BCUT2D eigenvalue weighted by Gasteiger charge is -2.60. The number of allylic oxidation sites excluding steroid dienone is 1. The molecule has 2 N–H and O–H groups in total. The highest BCUT2D eigenvalue weighted by molar-refractivity contribution is 6.03. The molecule has 2 aliphatic carbocycles. The van der Waals surface area contributed by atoms with Gasteiger partial charge in [0.25, 0.3) is 0 Å².